The van der Waals surface area contributed by atoms with Gasteiger partial charge in [0.15, 0.2) is 0 Å². The van der Waals surface area contributed by atoms with E-state index in [1.165, 1.54) is 12.8 Å². The minimum Gasteiger partial charge on any atom is -0.0927 e. The molecule has 0 aromatic rings. The molecule has 0 N–H and O–H groups in total. The third-order valence-corrected chi connectivity index (χ3v) is 4.87. The highest BCUT2D eigenvalue weighted by Crippen LogP contribution is 2.68. The lowest BCUT2D eigenvalue weighted by Crippen LogP contribution is -1.92. The molecule has 0 heterocycles. The van der Waals surface area contributed by atoms with E-state index >= 15 is 0 Å². The molecule has 1 atom stereocenters. The largest absolute Gasteiger partial charge is 0.0927 e. The number of allylic oxidation sites excluding steroid dienone is 2. The molecule has 2 rings (SSSR count). The van der Waals surface area contributed by atoms with Gasteiger partial charge in [-0.1, -0.05) is 35.4 Å². The Morgan fingerprint density at radius 1 is 1.45 bits per heavy atom. The van der Waals surface area contributed by atoms with Crippen molar-refractivity contribution >= 4 is 21.6 Å². The summed E-state index contributed by atoms with van der Waals surface area (Å²) >= 11 is 0. The maximum absolute atomic E-state index is 2.38. The normalized spacial score (nSPS) is 32.5. The van der Waals surface area contributed by atoms with Crippen molar-refractivity contribution in [1.82, 2.24) is 0 Å². The van der Waals surface area contributed by atoms with Crippen molar-refractivity contribution in [3.05, 3.63) is 10.5 Å². The first-order valence-corrected chi connectivity index (χ1v) is 6.68. The zero-order valence-corrected chi connectivity index (χ0v) is 8.94. The first kappa shape index (κ1) is 8.06. The second-order valence-electron chi connectivity index (χ2n) is 3.90. The molecule has 0 amide bonds. The van der Waals surface area contributed by atoms with Crippen molar-refractivity contribution in [3.63, 3.8) is 0 Å². The Morgan fingerprint density at radius 3 is 2.64 bits per heavy atom. The molecule has 11 heavy (non-hydrogen) atoms. The zero-order chi connectivity index (χ0) is 8.06. The van der Waals surface area contributed by atoms with Crippen LogP contribution in [0.5, 0.6) is 0 Å². The minimum absolute atomic E-state index is 0.580. The Kier molecular flexibility index (Phi) is 1.80. The molecule has 0 nitrogen and oxygen atoms in total. The van der Waals surface area contributed by atoms with Crippen molar-refractivity contribution < 1.29 is 0 Å². The molecule has 2 heteroatoms. The fourth-order valence-corrected chi connectivity index (χ4v) is 4.32. The smallest absolute Gasteiger partial charge is 0.00411 e. The lowest BCUT2D eigenvalue weighted by atomic mass is 10.0. The second-order valence-corrected chi connectivity index (χ2v) is 6.39. The molecule has 0 spiro atoms. The van der Waals surface area contributed by atoms with Crippen molar-refractivity contribution in [2.45, 2.75) is 26.7 Å². The SMILES string of the molecule is CSSC1=C2C(CC1)C2(C)C. The van der Waals surface area contributed by atoms with Gasteiger partial charge in [0.2, 0.25) is 0 Å². The molecule has 1 fully saturated rings. The van der Waals surface area contributed by atoms with Gasteiger partial charge in [0.1, 0.15) is 0 Å². The molecule has 0 aliphatic heterocycles. The van der Waals surface area contributed by atoms with Gasteiger partial charge in [-0.15, -0.1) is 0 Å². The number of hydrogen-bond donors (Lipinski definition) is 0. The van der Waals surface area contributed by atoms with Crippen LogP contribution in [0.2, 0.25) is 0 Å². The minimum atomic E-state index is 0.580. The highest BCUT2D eigenvalue weighted by atomic mass is 33.1. The van der Waals surface area contributed by atoms with E-state index in [1.807, 2.05) is 21.6 Å². The summed E-state index contributed by atoms with van der Waals surface area (Å²) in [6.07, 6.45) is 4.95. The van der Waals surface area contributed by atoms with E-state index < -0.39 is 0 Å². The fraction of sp³-hybridized carbons (Fsp3) is 0.778. The summed E-state index contributed by atoms with van der Waals surface area (Å²) in [5, 5.41) is 0. The summed E-state index contributed by atoms with van der Waals surface area (Å²) in [6, 6.07) is 0. The van der Waals surface area contributed by atoms with Crippen molar-refractivity contribution in [1.29, 1.82) is 0 Å². The van der Waals surface area contributed by atoms with Crippen molar-refractivity contribution in [3.8, 4) is 0 Å². The Balaban J connectivity index is 2.17. The van der Waals surface area contributed by atoms with E-state index in [0.717, 1.165) is 5.92 Å². The van der Waals surface area contributed by atoms with E-state index in [4.69, 9.17) is 0 Å². The molecule has 1 unspecified atom stereocenters. The third-order valence-electron chi connectivity index (χ3n) is 2.97. The van der Waals surface area contributed by atoms with E-state index in [2.05, 4.69) is 20.1 Å². The summed E-state index contributed by atoms with van der Waals surface area (Å²) in [6.45, 7) is 4.76. The maximum Gasteiger partial charge on any atom is -0.00411 e. The lowest BCUT2D eigenvalue weighted by Gasteiger charge is -2.06. The monoisotopic (exact) mass is 186 g/mol. The van der Waals surface area contributed by atoms with E-state index in [0.29, 0.717) is 5.41 Å². The number of hydrogen-bond acceptors (Lipinski definition) is 2. The second kappa shape index (κ2) is 2.46. The van der Waals surface area contributed by atoms with Gasteiger partial charge < -0.3 is 0 Å². The molecular weight excluding hydrogens is 172 g/mol. The van der Waals surface area contributed by atoms with Crippen LogP contribution >= 0.6 is 21.6 Å². The third kappa shape index (κ3) is 1.06. The maximum atomic E-state index is 2.38. The van der Waals surface area contributed by atoms with Gasteiger partial charge in [-0.25, -0.2) is 0 Å². The molecule has 0 bridgehead atoms. The van der Waals surface area contributed by atoms with E-state index in [9.17, 15) is 0 Å². The summed E-state index contributed by atoms with van der Waals surface area (Å²) in [7, 11) is 3.88. The van der Waals surface area contributed by atoms with Crippen LogP contribution in [0.3, 0.4) is 0 Å². The highest BCUT2D eigenvalue weighted by molar-refractivity contribution is 8.77. The van der Waals surface area contributed by atoms with E-state index in [1.54, 1.807) is 10.5 Å². The van der Waals surface area contributed by atoms with Crippen LogP contribution in [0.15, 0.2) is 10.5 Å². The standard InChI is InChI=1S/C9H14S2/c1-9(2)6-4-5-7(8(6)9)11-10-3/h6H,4-5H2,1-3H3. The molecule has 2 aliphatic rings. The van der Waals surface area contributed by atoms with Gasteiger partial charge in [0.25, 0.3) is 0 Å². The molecule has 0 aromatic heterocycles. The highest BCUT2D eigenvalue weighted by Gasteiger charge is 2.56. The summed E-state index contributed by atoms with van der Waals surface area (Å²) in [5.41, 5.74) is 2.35. The average molecular weight is 186 g/mol. The van der Waals surface area contributed by atoms with Crippen LogP contribution in [0, 0.1) is 11.3 Å². The summed E-state index contributed by atoms with van der Waals surface area (Å²) in [5.74, 6) is 0.956. The van der Waals surface area contributed by atoms with Gasteiger partial charge in [0, 0.05) is 0 Å². The van der Waals surface area contributed by atoms with Crippen LogP contribution in [-0.4, -0.2) is 6.26 Å². The Hall–Kier alpha value is 0.440. The van der Waals surface area contributed by atoms with Crippen LogP contribution in [0.4, 0.5) is 0 Å². The summed E-state index contributed by atoms with van der Waals surface area (Å²) < 4.78 is 0. The molecule has 0 aromatic carbocycles. The predicted molar refractivity (Wildman–Crippen MR) is 54.6 cm³/mol. The first-order valence-electron chi connectivity index (χ1n) is 4.12. The Bertz CT molecular complexity index is 216. The van der Waals surface area contributed by atoms with Crippen molar-refractivity contribution in [2.75, 3.05) is 6.26 Å². The van der Waals surface area contributed by atoms with Crippen LogP contribution < -0.4 is 0 Å². The predicted octanol–water partition coefficient (Wildman–Crippen LogP) is 3.70. The molecule has 0 radical (unpaired) electrons. The van der Waals surface area contributed by atoms with Crippen molar-refractivity contribution in [2.24, 2.45) is 11.3 Å². The zero-order valence-electron chi connectivity index (χ0n) is 7.31. The lowest BCUT2D eigenvalue weighted by molar-refractivity contribution is 0.532. The van der Waals surface area contributed by atoms with Gasteiger partial charge >= 0.3 is 0 Å². The van der Waals surface area contributed by atoms with Crippen LogP contribution in [-0.2, 0) is 0 Å². The van der Waals surface area contributed by atoms with Gasteiger partial charge in [0.05, 0.1) is 0 Å². The van der Waals surface area contributed by atoms with Gasteiger partial charge in [-0.05, 0) is 40.9 Å². The van der Waals surface area contributed by atoms with Gasteiger partial charge in [-0.2, -0.15) is 0 Å². The summed E-state index contributed by atoms with van der Waals surface area (Å²) in [4.78, 5) is 1.69. The number of fused-ring (bicyclic) bond motifs is 1. The fourth-order valence-electron chi connectivity index (χ4n) is 2.29. The topological polar surface area (TPSA) is 0 Å². The molecular formula is C9H14S2. The quantitative estimate of drug-likeness (QED) is 0.603. The molecule has 1 saturated carbocycles. The molecule has 2 aliphatic carbocycles. The van der Waals surface area contributed by atoms with E-state index in [-0.39, 0.29) is 0 Å². The van der Waals surface area contributed by atoms with Crippen LogP contribution in [0.1, 0.15) is 26.7 Å². The molecule has 0 saturated heterocycles. The van der Waals surface area contributed by atoms with Gasteiger partial charge in [-0.3, -0.25) is 0 Å². The first-order chi connectivity index (χ1) is 5.18. The number of rotatable bonds is 2. The Morgan fingerprint density at radius 2 is 2.18 bits per heavy atom. The average Bonchev–Trinajstić information content (AvgIpc) is 2.37. The molecule has 62 valence electrons. The Labute approximate surface area is 76.6 Å². The van der Waals surface area contributed by atoms with Crippen LogP contribution in [0.25, 0.3) is 0 Å².